The molecule has 2 fully saturated rings. The van der Waals surface area contributed by atoms with Crippen molar-refractivity contribution in [1.29, 1.82) is 0 Å². The summed E-state index contributed by atoms with van der Waals surface area (Å²) >= 11 is 0. The lowest BCUT2D eigenvalue weighted by atomic mass is 9.89. The molecule has 0 bridgehead atoms. The molecule has 1 amide bonds. The molecular formula is C34H39FN4O2. The number of anilines is 1. The normalized spacial score (nSPS) is 19.6. The van der Waals surface area contributed by atoms with Gasteiger partial charge in [-0.25, -0.2) is 4.39 Å². The Hall–Kier alpha value is -3.55. The summed E-state index contributed by atoms with van der Waals surface area (Å²) in [6.07, 6.45) is 0.271. The molecule has 214 valence electrons. The smallest absolute Gasteiger partial charge is 0.257 e. The standard InChI is InChI=1S/C34H39FN4O2/c1-23-15-26(19-29(35)16-23)17-25-3-4-27-22-36-33(32(27)20-25)37-34(40)31-6-5-30(39-11-9-38(2)10-12-39)21-28(31)18-24-7-13-41-14-8-24/h3-6,15-16,19-21,24H,7-14,17-18,22H2,1-2H3,(H,36,37,40)/i5D,17D2,21D. The first-order chi connectivity index (χ1) is 21.5. The second-order valence-corrected chi connectivity index (χ2v) is 11.3. The highest BCUT2D eigenvalue weighted by Crippen LogP contribution is 2.28. The fourth-order valence-electron chi connectivity index (χ4n) is 5.80. The van der Waals surface area contributed by atoms with E-state index in [2.05, 4.69) is 27.2 Å². The van der Waals surface area contributed by atoms with Crippen LogP contribution in [-0.4, -0.2) is 63.1 Å². The maximum absolute atomic E-state index is 14.2. The molecule has 7 heteroatoms. The lowest BCUT2D eigenvalue weighted by molar-refractivity contribution is 0.0664. The highest BCUT2D eigenvalue weighted by atomic mass is 19.1. The molecule has 0 radical (unpaired) electrons. The fourth-order valence-corrected chi connectivity index (χ4v) is 5.80. The van der Waals surface area contributed by atoms with Gasteiger partial charge in [0.15, 0.2) is 0 Å². The predicted octanol–water partition coefficient (Wildman–Crippen LogP) is 5.14. The van der Waals surface area contributed by atoms with Crippen LogP contribution in [0.15, 0.2) is 59.5 Å². The van der Waals surface area contributed by atoms with Crippen LogP contribution in [-0.2, 0) is 24.1 Å². The Morgan fingerprint density at radius 3 is 2.71 bits per heavy atom. The second-order valence-electron chi connectivity index (χ2n) is 11.3. The molecule has 0 saturated carbocycles. The van der Waals surface area contributed by atoms with E-state index in [1.54, 1.807) is 37.3 Å². The molecule has 3 heterocycles. The van der Waals surface area contributed by atoms with Crippen molar-refractivity contribution in [3.8, 4) is 0 Å². The van der Waals surface area contributed by atoms with E-state index >= 15 is 0 Å². The summed E-state index contributed by atoms with van der Waals surface area (Å²) in [6.45, 7) is 6.48. The van der Waals surface area contributed by atoms with Crippen LogP contribution in [0.1, 0.15) is 62.1 Å². The topological polar surface area (TPSA) is 57.2 Å². The summed E-state index contributed by atoms with van der Waals surface area (Å²) in [5, 5.41) is 2.94. The van der Waals surface area contributed by atoms with Crippen molar-refractivity contribution in [3.63, 3.8) is 0 Å². The zero-order chi connectivity index (χ0) is 31.9. The van der Waals surface area contributed by atoms with Crippen LogP contribution < -0.4 is 10.2 Å². The number of benzene rings is 3. The molecule has 0 atom stereocenters. The van der Waals surface area contributed by atoms with Crippen LogP contribution in [0.2, 0.25) is 0 Å². The lowest BCUT2D eigenvalue weighted by Gasteiger charge is -2.34. The van der Waals surface area contributed by atoms with Crippen molar-refractivity contribution in [2.24, 2.45) is 10.9 Å². The first-order valence-corrected chi connectivity index (χ1v) is 14.4. The van der Waals surface area contributed by atoms with Gasteiger partial charge in [-0.05, 0) is 110 Å². The number of aliphatic imine (C=N–C) groups is 1. The number of carbonyl (C=O) groups excluding carboxylic acids is 1. The third-order valence-corrected chi connectivity index (χ3v) is 8.18. The van der Waals surface area contributed by atoms with E-state index in [1.807, 2.05) is 0 Å². The average molecular weight is 559 g/mol. The lowest BCUT2D eigenvalue weighted by Crippen LogP contribution is -2.44. The summed E-state index contributed by atoms with van der Waals surface area (Å²) in [7, 11) is 2.06. The molecule has 0 aliphatic carbocycles. The van der Waals surface area contributed by atoms with Gasteiger partial charge < -0.3 is 19.9 Å². The molecule has 3 aromatic rings. The molecule has 6 nitrogen and oxygen atoms in total. The van der Waals surface area contributed by atoms with Crippen molar-refractivity contribution in [2.75, 3.05) is 51.3 Å². The molecule has 3 aromatic carbocycles. The SMILES string of the molecule is [2H]c1cc(C(=O)NC2=NCc3ccc(C([2H])([2H])c4cc(C)cc(F)c4)cc32)c(CC2CCOCC2)c([2H])c1N1CCN(C)CC1. The van der Waals surface area contributed by atoms with Gasteiger partial charge in [0.1, 0.15) is 11.7 Å². The first-order valence-electron chi connectivity index (χ1n) is 16.4. The van der Waals surface area contributed by atoms with E-state index in [0.717, 1.165) is 44.6 Å². The number of piperazine rings is 1. The van der Waals surface area contributed by atoms with Gasteiger partial charge >= 0.3 is 0 Å². The van der Waals surface area contributed by atoms with Gasteiger partial charge in [0.05, 0.1) is 9.29 Å². The molecular weight excluding hydrogens is 515 g/mol. The minimum Gasteiger partial charge on any atom is -0.381 e. The quantitative estimate of drug-likeness (QED) is 0.456. The highest BCUT2D eigenvalue weighted by molar-refractivity contribution is 6.14. The Labute approximate surface area is 247 Å². The fraction of sp³-hybridized carbons (Fsp3) is 0.412. The minimum atomic E-state index is -1.98. The van der Waals surface area contributed by atoms with Crippen LogP contribution in [0, 0.1) is 18.7 Å². The number of aryl methyl sites for hydroxylation is 1. The number of hydrogen-bond donors (Lipinski definition) is 1. The van der Waals surface area contributed by atoms with Crippen molar-refractivity contribution in [1.82, 2.24) is 10.2 Å². The van der Waals surface area contributed by atoms with E-state index in [-0.39, 0.29) is 23.6 Å². The third-order valence-electron chi connectivity index (χ3n) is 8.18. The van der Waals surface area contributed by atoms with E-state index in [4.69, 9.17) is 8.85 Å². The van der Waals surface area contributed by atoms with Crippen molar-refractivity contribution in [3.05, 3.63) is 99.3 Å². The van der Waals surface area contributed by atoms with Crippen LogP contribution in [0.4, 0.5) is 10.1 Å². The Kier molecular flexibility index (Phi) is 6.82. The number of rotatable bonds is 6. The van der Waals surface area contributed by atoms with Gasteiger partial charge in [-0.15, -0.1) is 0 Å². The molecule has 0 unspecified atom stereocenters. The van der Waals surface area contributed by atoms with E-state index in [0.29, 0.717) is 65.5 Å². The number of halogens is 1. The molecule has 0 aromatic heterocycles. The van der Waals surface area contributed by atoms with Crippen LogP contribution in [0.5, 0.6) is 0 Å². The Balaban J connectivity index is 1.31. The number of ether oxygens (including phenoxy) is 1. The molecule has 2 saturated heterocycles. The zero-order valence-corrected chi connectivity index (χ0v) is 23.7. The summed E-state index contributed by atoms with van der Waals surface area (Å²) in [5.41, 5.74) is 4.12. The molecule has 41 heavy (non-hydrogen) atoms. The highest BCUT2D eigenvalue weighted by Gasteiger charge is 2.24. The number of amides is 1. The summed E-state index contributed by atoms with van der Waals surface area (Å²) in [6, 6.07) is 11.3. The minimum absolute atomic E-state index is 0.153. The Bertz CT molecular complexity index is 1630. The van der Waals surface area contributed by atoms with Gasteiger partial charge in [-0.1, -0.05) is 18.2 Å². The summed E-state index contributed by atoms with van der Waals surface area (Å²) in [5.74, 6) is -0.347. The molecule has 0 spiro atoms. The number of nitrogens with zero attached hydrogens (tertiary/aromatic N) is 3. The van der Waals surface area contributed by atoms with Crippen molar-refractivity contribution >= 4 is 17.4 Å². The third kappa shape index (κ3) is 6.52. The van der Waals surface area contributed by atoms with Crippen LogP contribution in [0.3, 0.4) is 0 Å². The Morgan fingerprint density at radius 2 is 1.93 bits per heavy atom. The number of hydrogen-bond acceptors (Lipinski definition) is 5. The average Bonchev–Trinajstić information content (AvgIpc) is 3.41. The number of amidine groups is 1. The number of carbonyl (C=O) groups is 1. The summed E-state index contributed by atoms with van der Waals surface area (Å²) in [4.78, 5) is 22.8. The van der Waals surface area contributed by atoms with Crippen molar-refractivity contribution < 1.29 is 19.4 Å². The zero-order valence-electron chi connectivity index (χ0n) is 27.7. The number of nitrogens with one attached hydrogen (secondary N) is 1. The van der Waals surface area contributed by atoms with Gasteiger partial charge in [0, 0.05) is 58.9 Å². The van der Waals surface area contributed by atoms with Gasteiger partial charge in [-0.3, -0.25) is 9.79 Å². The number of likely N-dealkylation sites (N-methyl/N-ethyl adjacent to an activating group) is 1. The Morgan fingerprint density at radius 1 is 1.12 bits per heavy atom. The largest absolute Gasteiger partial charge is 0.381 e. The molecule has 1 N–H and O–H groups in total. The molecule has 6 rings (SSSR count). The first kappa shape index (κ1) is 23.1. The predicted molar refractivity (Wildman–Crippen MR) is 161 cm³/mol. The van der Waals surface area contributed by atoms with E-state index < -0.39 is 18.1 Å². The molecule has 3 aliphatic heterocycles. The second kappa shape index (κ2) is 12.1. The molecule has 3 aliphatic rings. The maximum atomic E-state index is 14.2. The van der Waals surface area contributed by atoms with Gasteiger partial charge in [0.25, 0.3) is 5.91 Å². The van der Waals surface area contributed by atoms with Gasteiger partial charge in [-0.2, -0.15) is 0 Å². The van der Waals surface area contributed by atoms with Crippen molar-refractivity contribution in [2.45, 2.75) is 39.1 Å². The van der Waals surface area contributed by atoms with E-state index in [9.17, 15) is 10.6 Å². The monoisotopic (exact) mass is 558 g/mol. The van der Waals surface area contributed by atoms with E-state index in [1.165, 1.54) is 12.1 Å². The maximum Gasteiger partial charge on any atom is 0.257 e. The summed E-state index contributed by atoms with van der Waals surface area (Å²) < 4.78 is 55.5. The number of fused-ring (bicyclic) bond motifs is 1. The van der Waals surface area contributed by atoms with Crippen LogP contribution in [0.25, 0.3) is 0 Å². The van der Waals surface area contributed by atoms with Crippen LogP contribution >= 0.6 is 0 Å². The van der Waals surface area contributed by atoms with Gasteiger partial charge in [0.2, 0.25) is 0 Å².